The normalized spacial score (nSPS) is 16.1. The summed E-state index contributed by atoms with van der Waals surface area (Å²) in [5.74, 6) is 4.62. The minimum Gasteiger partial charge on any atom is -0.462 e. The number of benzene rings is 1. The fraction of sp³-hybridized carbons (Fsp3) is 0.500. The Bertz CT molecular complexity index is 1310. The smallest absolute Gasteiger partial charge is 0.331 e. The van der Waals surface area contributed by atoms with E-state index in [0.29, 0.717) is 10.3 Å². The third-order valence-corrected chi connectivity index (χ3v) is 7.50. The summed E-state index contributed by atoms with van der Waals surface area (Å²) >= 11 is 5.64. The van der Waals surface area contributed by atoms with Crippen LogP contribution in [0.15, 0.2) is 52.2 Å². The topological polar surface area (TPSA) is 161 Å². The summed E-state index contributed by atoms with van der Waals surface area (Å²) in [6.45, 7) is 6.38. The summed E-state index contributed by atoms with van der Waals surface area (Å²) in [6.07, 6.45) is -2.54. The average Bonchev–Trinajstić information content (AvgIpc) is 2.90. The molecule has 2 rings (SSSR count). The molecule has 40 heavy (non-hydrogen) atoms. The molecule has 0 aliphatic rings. The van der Waals surface area contributed by atoms with Crippen LogP contribution in [0, 0.1) is 11.8 Å². The Morgan fingerprint density at radius 1 is 1.20 bits per heavy atom. The second kappa shape index (κ2) is 16.4. The maximum Gasteiger partial charge on any atom is 0.331 e. The molecule has 14 heteroatoms. The third kappa shape index (κ3) is 9.98. The number of hydrogen-bond donors (Lipinski definition) is 4. The second-order valence-corrected chi connectivity index (χ2v) is 11.5. The molecule has 4 N–H and O–H groups in total. The molecule has 0 aliphatic heterocycles. The fourth-order valence-corrected chi connectivity index (χ4v) is 5.62. The van der Waals surface area contributed by atoms with Crippen LogP contribution in [-0.2, 0) is 36.3 Å². The predicted molar refractivity (Wildman–Crippen MR) is 154 cm³/mol. The van der Waals surface area contributed by atoms with Gasteiger partial charge in [0.1, 0.15) is 24.0 Å². The zero-order valence-electron chi connectivity index (χ0n) is 23.6. The number of nitrogens with one attached hydrogen (secondary N) is 2. The van der Waals surface area contributed by atoms with Gasteiger partial charge in [-0.15, -0.1) is 5.92 Å². The third-order valence-electron chi connectivity index (χ3n) is 5.00. The van der Waals surface area contributed by atoms with Gasteiger partial charge in [0.15, 0.2) is 0 Å². The largest absolute Gasteiger partial charge is 0.462 e. The number of rotatable bonds is 13. The molecule has 0 bridgehead atoms. The number of carbonyl (C=O) groups excluding carboxylic acids is 1. The van der Waals surface area contributed by atoms with Crippen LogP contribution in [-0.4, -0.2) is 63.8 Å². The lowest BCUT2D eigenvalue weighted by molar-refractivity contribution is -0.154. The van der Waals surface area contributed by atoms with Crippen molar-refractivity contribution in [2.24, 2.45) is 0 Å². The predicted octanol–water partition coefficient (Wildman–Crippen LogP) is 1.86. The van der Waals surface area contributed by atoms with E-state index < -0.39 is 54.4 Å². The van der Waals surface area contributed by atoms with E-state index in [2.05, 4.69) is 16.9 Å². The molecule has 0 saturated carbocycles. The Kier molecular flexibility index (Phi) is 14.5. The van der Waals surface area contributed by atoms with E-state index in [-0.39, 0.29) is 6.10 Å². The maximum absolute atomic E-state index is 12.4. The molecule has 0 radical (unpaired) electrons. The van der Waals surface area contributed by atoms with E-state index in [0.717, 1.165) is 12.3 Å². The van der Waals surface area contributed by atoms with Gasteiger partial charge < -0.3 is 28.7 Å². The van der Waals surface area contributed by atoms with Crippen LogP contribution in [0.5, 0.6) is 5.75 Å². The van der Waals surface area contributed by atoms with Crippen molar-refractivity contribution in [2.75, 3.05) is 13.7 Å². The number of aromatic amines is 1. The molecule has 1 heterocycles. The molecule has 0 aliphatic carbocycles. The first kappa shape index (κ1) is 35.2. The zero-order valence-corrected chi connectivity index (χ0v) is 25.3. The van der Waals surface area contributed by atoms with Crippen LogP contribution in [0.25, 0.3) is 0 Å². The van der Waals surface area contributed by atoms with Crippen molar-refractivity contribution in [1.82, 2.24) is 14.6 Å². The lowest BCUT2D eigenvalue weighted by atomic mass is 10.0. The number of para-hydroxylation sites is 1. The molecular weight excluding hydrogens is 561 g/mol. The molecule has 0 spiro atoms. The van der Waals surface area contributed by atoms with Gasteiger partial charge in [-0.3, -0.25) is 19.1 Å². The van der Waals surface area contributed by atoms with Gasteiger partial charge in [-0.25, -0.2) is 9.88 Å². The highest BCUT2D eigenvalue weighted by Gasteiger charge is 2.43. The standard InChI is InChI=1S/C24H32N3O9PS.C2H6/c1-6-13-24(32,27-14-12-20(28)25-23(27)31)21(29)19(33-5)15-34-37(38,36-18-10-8-7-9-11-18)26-17(4)22(30)35-16(2)3;1-2/h7-12,14,16-17,19,21,29,32H,15H2,1-5H3,(H,26,38)(H,25,28,31);1-2H3/t17?,19?,21-,24-,37?;/m1./s1. The Morgan fingerprint density at radius 3 is 2.35 bits per heavy atom. The summed E-state index contributed by atoms with van der Waals surface area (Å²) in [6, 6.07) is 8.58. The van der Waals surface area contributed by atoms with Crippen molar-refractivity contribution in [3.8, 4) is 17.6 Å². The highest BCUT2D eigenvalue weighted by atomic mass is 32.5. The minimum absolute atomic E-state index is 0.357. The van der Waals surface area contributed by atoms with E-state index in [1.807, 2.05) is 18.8 Å². The lowest BCUT2D eigenvalue weighted by Gasteiger charge is -2.35. The molecule has 0 fully saturated rings. The Labute approximate surface area is 238 Å². The van der Waals surface area contributed by atoms with E-state index in [1.54, 1.807) is 44.2 Å². The molecule has 3 unspecified atom stereocenters. The molecule has 0 amide bonds. The number of aromatic nitrogens is 2. The number of esters is 1. The van der Waals surface area contributed by atoms with Crippen LogP contribution in [0.2, 0.25) is 0 Å². The maximum atomic E-state index is 12.4. The molecule has 1 aromatic carbocycles. The summed E-state index contributed by atoms with van der Waals surface area (Å²) < 4.78 is 23.0. The van der Waals surface area contributed by atoms with Gasteiger partial charge in [-0.2, -0.15) is 0 Å². The van der Waals surface area contributed by atoms with Crippen molar-refractivity contribution in [3.05, 3.63) is 63.4 Å². The summed E-state index contributed by atoms with van der Waals surface area (Å²) in [7, 11) is 1.24. The van der Waals surface area contributed by atoms with E-state index >= 15 is 0 Å². The Hall–Kier alpha value is -2.82. The zero-order chi connectivity index (χ0) is 30.5. The van der Waals surface area contributed by atoms with Crippen LogP contribution in [0.3, 0.4) is 0 Å². The molecule has 0 saturated heterocycles. The van der Waals surface area contributed by atoms with Gasteiger partial charge in [0.2, 0.25) is 5.72 Å². The molecule has 5 atom stereocenters. The second-order valence-electron chi connectivity index (χ2n) is 8.33. The van der Waals surface area contributed by atoms with Crippen molar-refractivity contribution in [2.45, 2.75) is 71.6 Å². The number of aliphatic hydroxyl groups is 2. The highest BCUT2D eigenvalue weighted by Crippen LogP contribution is 2.45. The van der Waals surface area contributed by atoms with E-state index in [4.69, 9.17) is 30.3 Å². The number of hydrogen-bond acceptors (Lipinski definition) is 10. The molecular formula is C26H38N3O9PS. The summed E-state index contributed by atoms with van der Waals surface area (Å²) in [4.78, 5) is 38.3. The van der Waals surface area contributed by atoms with Gasteiger partial charge in [0, 0.05) is 19.4 Å². The SMILES string of the molecule is CC.CC#C[C@@](O)([C@H](O)C(COP(=S)(NC(C)C(=O)OC(C)C)Oc1ccccc1)OC)n1ccc(=O)[nH]c1=O. The fourth-order valence-electron chi connectivity index (χ4n) is 3.20. The van der Waals surface area contributed by atoms with Gasteiger partial charge in [0.25, 0.3) is 5.56 Å². The van der Waals surface area contributed by atoms with Crippen molar-refractivity contribution in [3.63, 3.8) is 0 Å². The highest BCUT2D eigenvalue weighted by molar-refractivity contribution is 8.09. The van der Waals surface area contributed by atoms with Gasteiger partial charge in [-0.1, -0.05) is 32.0 Å². The van der Waals surface area contributed by atoms with Gasteiger partial charge in [0.05, 0.1) is 12.7 Å². The summed E-state index contributed by atoms with van der Waals surface area (Å²) in [5, 5.41) is 25.2. The number of H-pyrrole nitrogens is 1. The van der Waals surface area contributed by atoms with Crippen molar-refractivity contribution in [1.29, 1.82) is 0 Å². The van der Waals surface area contributed by atoms with E-state index in [1.165, 1.54) is 21.0 Å². The number of carbonyl (C=O) groups is 1. The monoisotopic (exact) mass is 599 g/mol. The van der Waals surface area contributed by atoms with Crippen LogP contribution in [0.4, 0.5) is 0 Å². The summed E-state index contributed by atoms with van der Waals surface area (Å²) in [5.41, 5.74) is -4.21. The first-order valence-corrected chi connectivity index (χ1v) is 15.2. The van der Waals surface area contributed by atoms with Crippen molar-refractivity contribution < 1.29 is 33.5 Å². The van der Waals surface area contributed by atoms with E-state index in [9.17, 15) is 24.6 Å². The molecule has 12 nitrogen and oxygen atoms in total. The Balaban J connectivity index is 0.00000391. The number of aliphatic hydroxyl groups excluding tert-OH is 1. The number of ether oxygens (including phenoxy) is 2. The first-order chi connectivity index (χ1) is 18.8. The molecule has 222 valence electrons. The Morgan fingerprint density at radius 2 is 1.82 bits per heavy atom. The van der Waals surface area contributed by atoms with Crippen molar-refractivity contribution >= 4 is 24.4 Å². The molecule has 1 aromatic heterocycles. The van der Waals surface area contributed by atoms with Gasteiger partial charge in [-0.05, 0) is 57.6 Å². The number of nitrogens with zero attached hydrogens (tertiary/aromatic N) is 1. The van der Waals surface area contributed by atoms with Crippen LogP contribution < -0.4 is 20.9 Å². The van der Waals surface area contributed by atoms with Crippen LogP contribution in [0.1, 0.15) is 41.5 Å². The molecule has 2 aromatic rings. The first-order valence-electron chi connectivity index (χ1n) is 12.5. The quantitative estimate of drug-likeness (QED) is 0.151. The minimum atomic E-state index is -3.50. The number of methoxy groups -OCH3 is 1. The van der Waals surface area contributed by atoms with Gasteiger partial charge >= 0.3 is 18.3 Å². The average molecular weight is 600 g/mol. The van der Waals surface area contributed by atoms with Crippen LogP contribution >= 0.6 is 6.64 Å². The lowest BCUT2D eigenvalue weighted by Crippen LogP contribution is -2.56.